The Hall–Kier alpha value is -0.458. The van der Waals surface area contributed by atoms with Crippen molar-refractivity contribution in [2.45, 2.75) is 0 Å². The molecule has 0 aromatic heterocycles. The Morgan fingerprint density at radius 1 is 0.900 bits per heavy atom. The Kier molecular flexibility index (Phi) is 3.48. The summed E-state index contributed by atoms with van der Waals surface area (Å²) in [7, 11) is 0. The molecule has 1 aromatic carbocycles. The van der Waals surface area contributed by atoms with Crippen LogP contribution in [0, 0.1) is 17.5 Å². The molecule has 0 saturated heterocycles. The van der Waals surface area contributed by atoms with E-state index in [1.165, 1.54) is 0 Å². The van der Waals surface area contributed by atoms with Gasteiger partial charge in [-0.25, -0.2) is 13.2 Å². The van der Waals surface area contributed by atoms with E-state index in [-0.39, 0.29) is 17.4 Å². The molecule has 1 rings (SSSR count). The van der Waals surface area contributed by atoms with Gasteiger partial charge >= 0.3 is 0 Å². The lowest BCUT2D eigenvalue weighted by molar-refractivity contribution is 0.447. The number of benzene rings is 1. The zero-order valence-electron chi connectivity index (χ0n) is 4.37. The largest absolute Gasteiger partial charge is 0.204 e. The summed E-state index contributed by atoms with van der Waals surface area (Å²) >= 11 is 0. The molecule has 0 aliphatic rings. The Morgan fingerprint density at radius 2 is 1.30 bits per heavy atom. The Labute approximate surface area is 66.8 Å². The lowest BCUT2D eigenvalue weighted by Gasteiger charge is -1.90. The normalized spacial score (nSPS) is 8.70. The lowest BCUT2D eigenvalue weighted by atomic mass is 10.3. The van der Waals surface area contributed by atoms with Crippen molar-refractivity contribution < 1.29 is 13.2 Å². The number of rotatable bonds is 0. The quantitative estimate of drug-likeness (QED) is 0.393. The molecule has 0 heterocycles. The summed E-state index contributed by atoms with van der Waals surface area (Å²) in [6.45, 7) is 0. The van der Waals surface area contributed by atoms with Crippen molar-refractivity contribution in [2.24, 2.45) is 0 Å². The van der Waals surface area contributed by atoms with Gasteiger partial charge in [-0.05, 0) is 12.1 Å². The molecule has 10 heavy (non-hydrogen) atoms. The predicted molar refractivity (Wildman–Crippen MR) is 36.3 cm³/mol. The highest BCUT2D eigenvalue weighted by Crippen LogP contribution is 2.07. The standard InChI is InChI=1S/C6H3F3.Al.3H/c7-4-2-1-3-5(8)6(4)9;;;;/h1-3H;;;;. The van der Waals surface area contributed by atoms with Crippen molar-refractivity contribution in [3.05, 3.63) is 35.7 Å². The van der Waals surface area contributed by atoms with Crippen molar-refractivity contribution in [2.75, 3.05) is 0 Å². The maximum atomic E-state index is 12.0. The molecule has 0 saturated carbocycles. The van der Waals surface area contributed by atoms with Gasteiger partial charge in [0.05, 0.1) is 0 Å². The van der Waals surface area contributed by atoms with Crippen molar-refractivity contribution in [1.29, 1.82) is 0 Å². The van der Waals surface area contributed by atoms with Crippen LogP contribution in [0.15, 0.2) is 18.2 Å². The Balaban J connectivity index is 0.000000810. The second-order valence-electron chi connectivity index (χ2n) is 1.54. The van der Waals surface area contributed by atoms with Gasteiger partial charge in [0.25, 0.3) is 0 Å². The minimum Gasteiger partial charge on any atom is -0.204 e. The van der Waals surface area contributed by atoms with Crippen LogP contribution in [-0.2, 0) is 0 Å². The van der Waals surface area contributed by atoms with Gasteiger partial charge in [-0.1, -0.05) is 6.07 Å². The lowest BCUT2D eigenvalue weighted by Crippen LogP contribution is -1.86. The van der Waals surface area contributed by atoms with E-state index in [2.05, 4.69) is 0 Å². The van der Waals surface area contributed by atoms with E-state index < -0.39 is 17.5 Å². The van der Waals surface area contributed by atoms with E-state index in [4.69, 9.17) is 0 Å². The summed E-state index contributed by atoms with van der Waals surface area (Å²) < 4.78 is 35.9. The second kappa shape index (κ2) is 3.65. The van der Waals surface area contributed by atoms with Crippen molar-refractivity contribution in [1.82, 2.24) is 0 Å². The van der Waals surface area contributed by atoms with Gasteiger partial charge < -0.3 is 0 Å². The summed E-state index contributed by atoms with van der Waals surface area (Å²) in [6, 6.07) is 2.82. The fourth-order valence-corrected chi connectivity index (χ4v) is 0.477. The summed E-state index contributed by atoms with van der Waals surface area (Å²) in [5.74, 6) is -3.73. The summed E-state index contributed by atoms with van der Waals surface area (Å²) in [5.41, 5.74) is 0. The van der Waals surface area contributed by atoms with Gasteiger partial charge in [0, 0.05) is 0 Å². The molecule has 0 aliphatic carbocycles. The molecule has 54 valence electrons. The smallest absolute Gasteiger partial charge is 0.194 e. The van der Waals surface area contributed by atoms with Crippen molar-refractivity contribution in [3.8, 4) is 0 Å². The highest BCUT2D eigenvalue weighted by Gasteiger charge is 2.04. The van der Waals surface area contributed by atoms with Crippen LogP contribution in [-0.4, -0.2) is 17.4 Å². The van der Waals surface area contributed by atoms with E-state index in [9.17, 15) is 13.2 Å². The zero-order valence-corrected chi connectivity index (χ0v) is 4.37. The maximum absolute atomic E-state index is 12.0. The topological polar surface area (TPSA) is 0 Å². The van der Waals surface area contributed by atoms with Crippen LogP contribution in [0.5, 0.6) is 0 Å². The molecule has 0 bridgehead atoms. The molecule has 0 unspecified atom stereocenters. The van der Waals surface area contributed by atoms with Crippen LogP contribution < -0.4 is 0 Å². The third kappa shape index (κ3) is 1.76. The van der Waals surface area contributed by atoms with E-state index >= 15 is 0 Å². The molecule has 0 N–H and O–H groups in total. The van der Waals surface area contributed by atoms with E-state index in [0.29, 0.717) is 0 Å². The van der Waals surface area contributed by atoms with Gasteiger partial charge in [0.15, 0.2) is 34.8 Å². The minimum absolute atomic E-state index is 0. The summed E-state index contributed by atoms with van der Waals surface area (Å²) in [6.07, 6.45) is 0. The third-order valence-corrected chi connectivity index (χ3v) is 0.904. The highest BCUT2D eigenvalue weighted by atomic mass is 27.0. The molecule has 0 amide bonds. The van der Waals surface area contributed by atoms with E-state index in [0.717, 1.165) is 18.2 Å². The molecule has 1 aromatic rings. The molecular formula is C6H6AlF3. The van der Waals surface area contributed by atoms with Crippen LogP contribution in [0.1, 0.15) is 0 Å². The first-order chi connectivity index (χ1) is 4.22. The molecule has 0 aliphatic heterocycles. The maximum Gasteiger partial charge on any atom is 0.194 e. The average Bonchev–Trinajstić information content (AvgIpc) is 1.83. The minimum atomic E-state index is -1.42. The highest BCUT2D eigenvalue weighted by molar-refractivity contribution is 5.75. The molecule has 0 nitrogen and oxygen atoms in total. The average molecular weight is 162 g/mol. The third-order valence-electron chi connectivity index (χ3n) is 0.904. The molecular weight excluding hydrogens is 156 g/mol. The van der Waals surface area contributed by atoms with Crippen LogP contribution in [0.25, 0.3) is 0 Å². The molecule has 4 heteroatoms. The van der Waals surface area contributed by atoms with Crippen molar-refractivity contribution in [3.63, 3.8) is 0 Å². The first-order valence-electron chi connectivity index (χ1n) is 2.31. The summed E-state index contributed by atoms with van der Waals surface area (Å²) in [4.78, 5) is 0. The first kappa shape index (κ1) is 9.54. The van der Waals surface area contributed by atoms with Crippen LogP contribution in [0.2, 0.25) is 0 Å². The van der Waals surface area contributed by atoms with Crippen molar-refractivity contribution >= 4 is 17.4 Å². The molecule has 0 radical (unpaired) electrons. The Bertz CT molecular complexity index is 204. The van der Waals surface area contributed by atoms with Gasteiger partial charge in [0.1, 0.15) is 0 Å². The fraction of sp³-hybridized carbons (Fsp3) is 0. The van der Waals surface area contributed by atoms with Gasteiger partial charge in [-0.2, -0.15) is 0 Å². The second-order valence-corrected chi connectivity index (χ2v) is 1.54. The monoisotopic (exact) mass is 162 g/mol. The van der Waals surface area contributed by atoms with E-state index in [1.807, 2.05) is 0 Å². The fourth-order valence-electron chi connectivity index (χ4n) is 0.477. The van der Waals surface area contributed by atoms with Crippen LogP contribution in [0.3, 0.4) is 0 Å². The SMILES string of the molecule is Fc1cccc(F)c1F.[AlH3]. The number of hydrogen-bond donors (Lipinski definition) is 0. The predicted octanol–water partition coefficient (Wildman–Crippen LogP) is 0.920. The molecule has 0 spiro atoms. The zero-order chi connectivity index (χ0) is 6.85. The number of halogens is 3. The van der Waals surface area contributed by atoms with Crippen LogP contribution in [0.4, 0.5) is 13.2 Å². The Morgan fingerprint density at radius 3 is 1.60 bits per heavy atom. The number of hydrogen-bond acceptors (Lipinski definition) is 0. The summed E-state index contributed by atoms with van der Waals surface area (Å²) in [5, 5.41) is 0. The molecule has 0 fully saturated rings. The first-order valence-corrected chi connectivity index (χ1v) is 2.31. The van der Waals surface area contributed by atoms with E-state index in [1.54, 1.807) is 0 Å². The van der Waals surface area contributed by atoms with Gasteiger partial charge in [0.2, 0.25) is 0 Å². The molecule has 0 atom stereocenters. The van der Waals surface area contributed by atoms with Crippen LogP contribution >= 0.6 is 0 Å². The van der Waals surface area contributed by atoms with Gasteiger partial charge in [-0.15, -0.1) is 0 Å². The van der Waals surface area contributed by atoms with Gasteiger partial charge in [-0.3, -0.25) is 0 Å².